The number of rotatable bonds is 7. The number of methoxy groups -OCH3 is 2. The molecule has 1 aliphatic carbocycles. The molecular weight excluding hydrogens is 435 g/mol. The van der Waals surface area contributed by atoms with Crippen molar-refractivity contribution < 1.29 is 23.8 Å². The molecule has 1 aromatic heterocycles. The van der Waals surface area contributed by atoms with Crippen LogP contribution < -0.4 is 14.8 Å². The molecule has 0 saturated heterocycles. The van der Waals surface area contributed by atoms with E-state index >= 15 is 0 Å². The lowest BCUT2D eigenvalue weighted by atomic mass is 10.0. The number of ether oxygens (including phenoxy) is 2. The Kier molecular flexibility index (Phi) is 6.63. The molecule has 174 valence electrons. The van der Waals surface area contributed by atoms with Crippen LogP contribution in [0.4, 0.5) is 4.39 Å². The van der Waals surface area contributed by atoms with Gasteiger partial charge in [0.05, 0.1) is 26.3 Å². The normalized spacial score (nSPS) is 13.7. The first-order valence-corrected chi connectivity index (χ1v) is 10.8. The highest BCUT2D eigenvalue weighted by Gasteiger charge is 2.27. The van der Waals surface area contributed by atoms with Crippen molar-refractivity contribution in [2.75, 3.05) is 14.2 Å². The lowest BCUT2D eigenvalue weighted by Crippen LogP contribution is -2.22. The molecule has 0 fully saturated rings. The topological polar surface area (TPSA) is 80.7 Å². The minimum atomic E-state index is -0.608. The number of benzene rings is 2. The fourth-order valence-electron chi connectivity index (χ4n) is 4.01. The maximum absolute atomic E-state index is 14.1. The number of hydrogen-bond acceptors (Lipinski definition) is 5. The number of fused-ring (bicyclic) bond motifs is 1. The summed E-state index contributed by atoms with van der Waals surface area (Å²) >= 11 is 0. The summed E-state index contributed by atoms with van der Waals surface area (Å²) in [6.07, 6.45) is 1.95. The number of aromatic hydroxyl groups is 1. The van der Waals surface area contributed by atoms with Crippen molar-refractivity contribution in [3.63, 3.8) is 0 Å². The van der Waals surface area contributed by atoms with Gasteiger partial charge in [-0.15, -0.1) is 0 Å². The molecule has 0 saturated carbocycles. The smallest absolute Gasteiger partial charge is 0.224 e. The second-order valence-electron chi connectivity index (χ2n) is 7.90. The van der Waals surface area contributed by atoms with Crippen LogP contribution in [0, 0.1) is 5.95 Å². The van der Waals surface area contributed by atoms with Crippen LogP contribution in [0.2, 0.25) is 0 Å². The van der Waals surface area contributed by atoms with Crippen LogP contribution in [0.25, 0.3) is 17.2 Å². The summed E-state index contributed by atoms with van der Waals surface area (Å²) in [6, 6.07) is 16.0. The Bertz CT molecular complexity index is 1270. The molecule has 0 unspecified atom stereocenters. The van der Waals surface area contributed by atoms with Crippen LogP contribution >= 0.6 is 0 Å². The number of allylic oxidation sites excluding steroid dienone is 2. The highest BCUT2D eigenvalue weighted by Crippen LogP contribution is 2.44. The van der Waals surface area contributed by atoms with Crippen LogP contribution in [0.5, 0.6) is 17.2 Å². The van der Waals surface area contributed by atoms with Crippen LogP contribution in [-0.2, 0) is 11.3 Å². The minimum Gasteiger partial charge on any atom is -0.502 e. The zero-order valence-corrected chi connectivity index (χ0v) is 19.2. The molecule has 0 aliphatic heterocycles. The number of aromatic nitrogens is 1. The number of phenolic OH excluding ortho intramolecular Hbond substituents is 1. The number of halogens is 1. The van der Waals surface area contributed by atoms with Gasteiger partial charge in [-0.3, -0.25) is 4.79 Å². The zero-order chi connectivity index (χ0) is 24.2. The van der Waals surface area contributed by atoms with Gasteiger partial charge < -0.3 is 19.9 Å². The summed E-state index contributed by atoms with van der Waals surface area (Å²) in [4.78, 5) is 16.8. The van der Waals surface area contributed by atoms with Gasteiger partial charge >= 0.3 is 0 Å². The van der Waals surface area contributed by atoms with Crippen LogP contribution in [0.3, 0.4) is 0 Å². The molecule has 0 bridgehead atoms. The Labute approximate surface area is 197 Å². The molecule has 2 N–H and O–H groups in total. The summed E-state index contributed by atoms with van der Waals surface area (Å²) < 4.78 is 24.6. The fourth-order valence-corrected chi connectivity index (χ4v) is 4.01. The van der Waals surface area contributed by atoms with E-state index in [1.165, 1.54) is 20.3 Å². The van der Waals surface area contributed by atoms with Gasteiger partial charge in [0.1, 0.15) is 0 Å². The summed E-state index contributed by atoms with van der Waals surface area (Å²) in [7, 11) is 2.92. The summed E-state index contributed by atoms with van der Waals surface area (Å²) in [5, 5.41) is 13.1. The molecule has 1 aliphatic rings. The highest BCUT2D eigenvalue weighted by atomic mass is 19.1. The number of phenols is 1. The Hall–Kier alpha value is -4.13. The van der Waals surface area contributed by atoms with E-state index in [4.69, 9.17) is 9.47 Å². The summed E-state index contributed by atoms with van der Waals surface area (Å²) in [5.41, 5.74) is 5.20. The van der Waals surface area contributed by atoms with Gasteiger partial charge in [0.25, 0.3) is 0 Å². The van der Waals surface area contributed by atoms with E-state index in [0.29, 0.717) is 23.4 Å². The van der Waals surface area contributed by atoms with Gasteiger partial charge in [0, 0.05) is 12.1 Å². The van der Waals surface area contributed by atoms with Crippen LogP contribution in [-0.4, -0.2) is 30.2 Å². The third-order valence-corrected chi connectivity index (χ3v) is 5.78. The largest absolute Gasteiger partial charge is 0.502 e. The van der Waals surface area contributed by atoms with E-state index in [1.807, 2.05) is 43.3 Å². The van der Waals surface area contributed by atoms with E-state index in [1.54, 1.807) is 18.2 Å². The highest BCUT2D eigenvalue weighted by molar-refractivity contribution is 6.07. The number of nitrogens with zero attached hydrogens (tertiary/aromatic N) is 1. The Morgan fingerprint density at radius 3 is 2.41 bits per heavy atom. The number of pyridine rings is 1. The molecule has 3 aromatic rings. The van der Waals surface area contributed by atoms with Gasteiger partial charge in [0.2, 0.25) is 17.6 Å². The maximum atomic E-state index is 14.1. The number of nitrogens with one attached hydrogen (secondary N) is 1. The number of hydrogen-bond donors (Lipinski definition) is 2. The van der Waals surface area contributed by atoms with E-state index in [9.17, 15) is 14.3 Å². The number of carbonyl (C=O) groups is 1. The molecule has 4 rings (SSSR count). The van der Waals surface area contributed by atoms with Crippen molar-refractivity contribution in [3.05, 3.63) is 88.5 Å². The summed E-state index contributed by atoms with van der Waals surface area (Å²) in [5.74, 6) is -0.342. The minimum absolute atomic E-state index is 0.0711. The third-order valence-electron chi connectivity index (χ3n) is 5.78. The Balaban J connectivity index is 1.68. The number of amides is 1. The van der Waals surface area contributed by atoms with Crippen molar-refractivity contribution in [2.24, 2.45) is 0 Å². The zero-order valence-electron chi connectivity index (χ0n) is 19.2. The first-order chi connectivity index (χ1) is 16.4. The molecule has 6 nitrogen and oxygen atoms in total. The van der Waals surface area contributed by atoms with E-state index < -0.39 is 5.95 Å². The van der Waals surface area contributed by atoms with Crippen molar-refractivity contribution >= 4 is 23.1 Å². The molecule has 2 aromatic carbocycles. The van der Waals surface area contributed by atoms with E-state index in [-0.39, 0.29) is 29.6 Å². The third kappa shape index (κ3) is 4.64. The lowest BCUT2D eigenvalue weighted by molar-refractivity contribution is -0.120. The molecule has 0 radical (unpaired) electrons. The second kappa shape index (κ2) is 9.79. The molecule has 34 heavy (non-hydrogen) atoms. The monoisotopic (exact) mass is 460 g/mol. The van der Waals surface area contributed by atoms with Gasteiger partial charge in [-0.2, -0.15) is 4.39 Å². The van der Waals surface area contributed by atoms with Crippen molar-refractivity contribution in [3.8, 4) is 17.2 Å². The molecule has 0 atom stereocenters. The number of carbonyl (C=O) groups excluding carboxylic acids is 1. The average molecular weight is 461 g/mol. The molecular formula is C27H25FN2O4. The average Bonchev–Trinajstić information content (AvgIpc) is 3.09. The Morgan fingerprint density at radius 2 is 1.76 bits per heavy atom. The second-order valence-corrected chi connectivity index (χ2v) is 7.90. The van der Waals surface area contributed by atoms with Crippen LogP contribution in [0.1, 0.15) is 35.7 Å². The lowest BCUT2D eigenvalue weighted by Gasteiger charge is -2.10. The fraction of sp³-hybridized carbons (Fsp3) is 0.185. The standard InChI is InChI=1S/C27H25FN2O4/c1-16-20(11-18-12-22(33-2)27(32)23(13-18)34-3)19-9-10-24(28)30-26(19)21(16)14-25(31)29-15-17-7-5-4-6-8-17/h4-13,32H,14-15H2,1-3H3,(H,29,31)/b20-11-. The van der Waals surface area contributed by atoms with E-state index in [0.717, 1.165) is 22.3 Å². The maximum Gasteiger partial charge on any atom is 0.224 e. The van der Waals surface area contributed by atoms with Gasteiger partial charge in [0.15, 0.2) is 11.5 Å². The summed E-state index contributed by atoms with van der Waals surface area (Å²) in [6.45, 7) is 2.30. The quantitative estimate of drug-likeness (QED) is 0.486. The predicted molar refractivity (Wildman–Crippen MR) is 129 cm³/mol. The predicted octanol–water partition coefficient (Wildman–Crippen LogP) is 4.98. The SMILES string of the molecule is COc1cc(/C=C2/C(C)=C(CC(=O)NCc3ccccc3)c3nc(F)ccc32)cc(OC)c1O. The molecule has 1 heterocycles. The van der Waals surface area contributed by atoms with E-state index in [2.05, 4.69) is 10.3 Å². The molecule has 1 amide bonds. The van der Waals surface area contributed by atoms with Crippen molar-refractivity contribution in [1.82, 2.24) is 10.3 Å². The first-order valence-electron chi connectivity index (χ1n) is 10.8. The Morgan fingerprint density at radius 1 is 1.09 bits per heavy atom. The van der Waals surface area contributed by atoms with Gasteiger partial charge in [-0.1, -0.05) is 30.3 Å². The van der Waals surface area contributed by atoms with Gasteiger partial charge in [-0.25, -0.2) is 4.98 Å². The molecule has 0 spiro atoms. The molecule has 7 heteroatoms. The van der Waals surface area contributed by atoms with Crippen molar-refractivity contribution in [1.29, 1.82) is 0 Å². The first kappa shape index (κ1) is 23.0. The van der Waals surface area contributed by atoms with Crippen molar-refractivity contribution in [2.45, 2.75) is 19.9 Å². The van der Waals surface area contributed by atoms with Crippen LogP contribution in [0.15, 0.2) is 60.2 Å². The van der Waals surface area contributed by atoms with Gasteiger partial charge in [-0.05, 0) is 65.1 Å².